The topological polar surface area (TPSA) is 78.1 Å². The van der Waals surface area contributed by atoms with Crippen molar-refractivity contribution in [3.63, 3.8) is 0 Å². The molecule has 0 aliphatic heterocycles. The highest BCUT2D eigenvalue weighted by Gasteiger charge is 2.17. The molecule has 0 aliphatic carbocycles. The van der Waals surface area contributed by atoms with Crippen molar-refractivity contribution >= 4 is 23.5 Å². The van der Waals surface area contributed by atoms with Crippen LogP contribution in [0.15, 0.2) is 5.03 Å². The van der Waals surface area contributed by atoms with E-state index in [0.717, 1.165) is 10.6 Å². The number of anilines is 1. The zero-order chi connectivity index (χ0) is 13.9. The molecule has 0 fully saturated rings. The molecule has 1 aromatic heterocycles. The van der Waals surface area contributed by atoms with Crippen LogP contribution in [0.2, 0.25) is 0 Å². The van der Waals surface area contributed by atoms with E-state index >= 15 is 0 Å². The molecule has 0 aliphatic rings. The molecule has 2 N–H and O–H groups in total. The summed E-state index contributed by atoms with van der Waals surface area (Å²) in [7, 11) is 0. The largest absolute Gasteiger partial charge is 0.459 e. The second-order valence-electron chi connectivity index (χ2n) is 4.96. The fourth-order valence-electron chi connectivity index (χ4n) is 1.26. The molecular weight excluding hydrogens is 250 g/mol. The van der Waals surface area contributed by atoms with E-state index in [1.54, 1.807) is 6.92 Å². The van der Waals surface area contributed by atoms with Gasteiger partial charge in [-0.05, 0) is 34.6 Å². The average Bonchev–Trinajstić information content (AvgIpc) is 2.18. The zero-order valence-electron chi connectivity index (χ0n) is 11.4. The van der Waals surface area contributed by atoms with Crippen LogP contribution in [0.25, 0.3) is 0 Å². The molecule has 1 rings (SSSR count). The van der Waals surface area contributed by atoms with E-state index in [1.165, 1.54) is 11.8 Å². The first-order chi connectivity index (χ1) is 8.19. The lowest BCUT2D eigenvalue weighted by atomic mass is 10.2. The Balaban J connectivity index is 2.67. The molecule has 0 atom stereocenters. The van der Waals surface area contributed by atoms with Crippen LogP contribution in [0.1, 0.15) is 32.2 Å². The Kier molecular flexibility index (Phi) is 4.56. The second-order valence-corrected chi connectivity index (χ2v) is 5.93. The smallest absolute Gasteiger partial charge is 0.316 e. The van der Waals surface area contributed by atoms with Gasteiger partial charge in [0.15, 0.2) is 0 Å². The van der Waals surface area contributed by atoms with Gasteiger partial charge in [-0.15, -0.1) is 0 Å². The third-order valence-electron chi connectivity index (χ3n) is 2.00. The summed E-state index contributed by atoms with van der Waals surface area (Å²) in [6, 6.07) is 0. The molecule has 18 heavy (non-hydrogen) atoms. The van der Waals surface area contributed by atoms with E-state index < -0.39 is 5.60 Å². The average molecular weight is 269 g/mol. The lowest BCUT2D eigenvalue weighted by Gasteiger charge is -2.19. The van der Waals surface area contributed by atoms with Gasteiger partial charge < -0.3 is 10.5 Å². The number of thioether (sulfide) groups is 1. The van der Waals surface area contributed by atoms with Crippen molar-refractivity contribution in [1.29, 1.82) is 0 Å². The predicted molar refractivity (Wildman–Crippen MR) is 72.5 cm³/mol. The molecule has 0 amide bonds. The number of nitrogens with zero attached hydrogens (tertiary/aromatic N) is 2. The zero-order valence-corrected chi connectivity index (χ0v) is 12.2. The van der Waals surface area contributed by atoms with Crippen LogP contribution in [0.3, 0.4) is 0 Å². The minimum atomic E-state index is -0.465. The van der Waals surface area contributed by atoms with Crippen molar-refractivity contribution in [3.05, 3.63) is 11.4 Å². The Hall–Kier alpha value is -1.30. The monoisotopic (exact) mass is 269 g/mol. The van der Waals surface area contributed by atoms with Crippen LogP contribution in [0.5, 0.6) is 0 Å². The number of hydrogen-bond donors (Lipinski definition) is 1. The molecule has 0 saturated carbocycles. The number of esters is 1. The summed E-state index contributed by atoms with van der Waals surface area (Å²) in [5.41, 5.74) is 6.08. The van der Waals surface area contributed by atoms with Crippen molar-refractivity contribution < 1.29 is 9.53 Å². The van der Waals surface area contributed by atoms with E-state index in [1.807, 2.05) is 27.7 Å². The van der Waals surface area contributed by atoms with E-state index in [9.17, 15) is 4.79 Å². The van der Waals surface area contributed by atoms with Gasteiger partial charge >= 0.3 is 5.97 Å². The SMILES string of the molecule is Cc1nc(N)c(C)c(SCC(=O)OC(C)(C)C)n1. The fourth-order valence-corrected chi connectivity index (χ4v) is 2.09. The predicted octanol–water partition coefficient (Wildman–Crippen LogP) is 2.11. The summed E-state index contributed by atoms with van der Waals surface area (Å²) >= 11 is 1.32. The van der Waals surface area contributed by atoms with Crippen molar-refractivity contribution in [1.82, 2.24) is 9.97 Å². The van der Waals surface area contributed by atoms with E-state index in [-0.39, 0.29) is 11.7 Å². The molecule has 0 radical (unpaired) electrons. The Labute approximate surface area is 112 Å². The normalized spacial score (nSPS) is 11.4. The number of aryl methyl sites for hydroxylation is 1. The summed E-state index contributed by atoms with van der Waals surface area (Å²) in [6.45, 7) is 9.13. The van der Waals surface area contributed by atoms with Gasteiger partial charge in [-0.2, -0.15) is 0 Å². The first-order valence-electron chi connectivity index (χ1n) is 5.64. The van der Waals surface area contributed by atoms with E-state index in [0.29, 0.717) is 11.6 Å². The Morgan fingerprint density at radius 1 is 1.33 bits per heavy atom. The standard InChI is InChI=1S/C12H19N3O2S/c1-7-10(13)14-8(2)15-11(7)18-6-9(16)17-12(3,4)5/h6H2,1-5H3,(H2,13,14,15). The van der Waals surface area contributed by atoms with Crippen molar-refractivity contribution in [2.45, 2.75) is 45.2 Å². The highest BCUT2D eigenvalue weighted by atomic mass is 32.2. The Bertz CT molecular complexity index is 455. The molecule has 100 valence electrons. The van der Waals surface area contributed by atoms with Gasteiger partial charge in [-0.1, -0.05) is 11.8 Å². The number of hydrogen-bond acceptors (Lipinski definition) is 6. The maximum Gasteiger partial charge on any atom is 0.316 e. The number of nitrogen functional groups attached to an aromatic ring is 1. The lowest BCUT2D eigenvalue weighted by molar-refractivity contribution is -0.151. The Morgan fingerprint density at radius 3 is 2.50 bits per heavy atom. The fraction of sp³-hybridized carbons (Fsp3) is 0.583. The van der Waals surface area contributed by atoms with Crippen molar-refractivity contribution in [2.24, 2.45) is 0 Å². The summed E-state index contributed by atoms with van der Waals surface area (Å²) in [6.07, 6.45) is 0. The lowest BCUT2D eigenvalue weighted by Crippen LogP contribution is -2.25. The van der Waals surface area contributed by atoms with Crippen LogP contribution in [0, 0.1) is 13.8 Å². The van der Waals surface area contributed by atoms with Gasteiger partial charge in [-0.3, -0.25) is 4.79 Å². The third-order valence-corrected chi connectivity index (χ3v) is 3.05. The van der Waals surface area contributed by atoms with Crippen molar-refractivity contribution in [3.8, 4) is 0 Å². The van der Waals surface area contributed by atoms with Gasteiger partial charge in [-0.25, -0.2) is 9.97 Å². The first-order valence-corrected chi connectivity index (χ1v) is 6.63. The van der Waals surface area contributed by atoms with Crippen LogP contribution >= 0.6 is 11.8 Å². The highest BCUT2D eigenvalue weighted by molar-refractivity contribution is 7.99. The molecule has 0 aromatic carbocycles. The van der Waals surface area contributed by atoms with Gasteiger partial charge in [0.05, 0.1) is 5.75 Å². The third kappa shape index (κ3) is 4.52. The maximum atomic E-state index is 11.6. The summed E-state index contributed by atoms with van der Waals surface area (Å²) < 4.78 is 5.23. The van der Waals surface area contributed by atoms with Gasteiger partial charge in [0.25, 0.3) is 0 Å². The molecule has 0 bridgehead atoms. The van der Waals surface area contributed by atoms with Gasteiger partial charge in [0.2, 0.25) is 0 Å². The van der Waals surface area contributed by atoms with E-state index in [2.05, 4.69) is 9.97 Å². The minimum absolute atomic E-state index is 0.216. The van der Waals surface area contributed by atoms with Crippen LogP contribution in [0.4, 0.5) is 5.82 Å². The molecule has 0 saturated heterocycles. The second kappa shape index (κ2) is 5.56. The molecule has 5 nitrogen and oxygen atoms in total. The van der Waals surface area contributed by atoms with Crippen LogP contribution < -0.4 is 5.73 Å². The minimum Gasteiger partial charge on any atom is -0.459 e. The molecular formula is C12H19N3O2S. The number of ether oxygens (including phenoxy) is 1. The molecule has 6 heteroatoms. The van der Waals surface area contributed by atoms with Crippen LogP contribution in [-0.2, 0) is 9.53 Å². The molecule has 0 spiro atoms. The van der Waals surface area contributed by atoms with Crippen molar-refractivity contribution in [2.75, 3.05) is 11.5 Å². The number of carbonyl (C=O) groups excluding carboxylic acids is 1. The van der Waals surface area contributed by atoms with Gasteiger partial charge in [0.1, 0.15) is 22.3 Å². The number of nitrogens with two attached hydrogens (primary N) is 1. The Morgan fingerprint density at radius 2 is 1.94 bits per heavy atom. The number of carbonyl (C=O) groups is 1. The van der Waals surface area contributed by atoms with Crippen LogP contribution in [-0.4, -0.2) is 27.3 Å². The quantitative estimate of drug-likeness (QED) is 0.514. The summed E-state index contributed by atoms with van der Waals surface area (Å²) in [5.74, 6) is 1.01. The maximum absolute atomic E-state index is 11.6. The summed E-state index contributed by atoms with van der Waals surface area (Å²) in [5, 5.41) is 0.728. The molecule has 1 aromatic rings. The van der Waals surface area contributed by atoms with E-state index in [4.69, 9.17) is 10.5 Å². The van der Waals surface area contributed by atoms with Gasteiger partial charge in [0, 0.05) is 5.56 Å². The number of rotatable bonds is 3. The highest BCUT2D eigenvalue weighted by Crippen LogP contribution is 2.23. The molecule has 0 unspecified atom stereocenters. The molecule has 1 heterocycles. The summed E-state index contributed by atoms with van der Waals surface area (Å²) in [4.78, 5) is 19.9. The first kappa shape index (κ1) is 14.8. The number of aromatic nitrogens is 2.